The van der Waals surface area contributed by atoms with Crippen LogP contribution in [0.2, 0.25) is 0 Å². The Hall–Kier alpha value is -2.34. The van der Waals surface area contributed by atoms with Crippen LogP contribution in [0.5, 0.6) is 0 Å². The van der Waals surface area contributed by atoms with Gasteiger partial charge in [-0.15, -0.1) is 0 Å². The molecule has 2 heterocycles. The molecular formula is C15H16N2O4. The molecule has 0 spiro atoms. The van der Waals surface area contributed by atoms with Gasteiger partial charge in [0, 0.05) is 30.2 Å². The molecule has 1 unspecified atom stereocenters. The largest absolute Gasteiger partial charge is 0.423 e. The summed E-state index contributed by atoms with van der Waals surface area (Å²) >= 11 is 0. The predicted octanol–water partition coefficient (Wildman–Crippen LogP) is 1.78. The van der Waals surface area contributed by atoms with Crippen molar-refractivity contribution in [3.05, 3.63) is 40.8 Å². The lowest BCUT2D eigenvalue weighted by Gasteiger charge is -2.30. The number of carbonyl (C=O) groups is 1. The molecule has 0 aliphatic carbocycles. The van der Waals surface area contributed by atoms with Crippen LogP contribution < -0.4 is 10.9 Å². The number of rotatable bonds is 1. The number of amides is 2. The van der Waals surface area contributed by atoms with Gasteiger partial charge in [0.2, 0.25) is 0 Å². The fourth-order valence-electron chi connectivity index (χ4n) is 2.49. The number of carbonyl (C=O) groups excluding carboxylic acids is 1. The Balaban J connectivity index is 1.76. The van der Waals surface area contributed by atoms with Crippen molar-refractivity contribution in [2.75, 3.05) is 18.4 Å². The fourth-order valence-corrected chi connectivity index (χ4v) is 2.49. The van der Waals surface area contributed by atoms with Gasteiger partial charge in [-0.1, -0.05) is 0 Å². The third-order valence-electron chi connectivity index (χ3n) is 3.55. The molecule has 6 nitrogen and oxygen atoms in total. The molecule has 2 amide bonds. The van der Waals surface area contributed by atoms with Crippen LogP contribution >= 0.6 is 0 Å². The number of aliphatic hydroxyl groups is 1. The van der Waals surface area contributed by atoms with E-state index < -0.39 is 11.7 Å². The molecule has 2 aromatic rings. The fraction of sp³-hybridized carbons (Fsp3) is 0.333. The molecule has 0 radical (unpaired) electrons. The van der Waals surface area contributed by atoms with Gasteiger partial charge >= 0.3 is 11.7 Å². The molecule has 0 bridgehead atoms. The van der Waals surface area contributed by atoms with Crippen LogP contribution in [-0.4, -0.2) is 35.2 Å². The van der Waals surface area contributed by atoms with E-state index in [2.05, 4.69) is 5.32 Å². The molecule has 1 aliphatic rings. The van der Waals surface area contributed by atoms with Gasteiger partial charge in [0.25, 0.3) is 0 Å². The number of hydrogen-bond donors (Lipinski definition) is 2. The van der Waals surface area contributed by atoms with Crippen molar-refractivity contribution in [3.8, 4) is 0 Å². The Labute approximate surface area is 121 Å². The van der Waals surface area contributed by atoms with E-state index in [1.807, 2.05) is 0 Å². The number of anilines is 1. The number of piperidine rings is 1. The summed E-state index contributed by atoms with van der Waals surface area (Å²) in [4.78, 5) is 24.9. The highest BCUT2D eigenvalue weighted by molar-refractivity contribution is 5.92. The van der Waals surface area contributed by atoms with Gasteiger partial charge < -0.3 is 19.7 Å². The molecule has 6 heteroatoms. The summed E-state index contributed by atoms with van der Waals surface area (Å²) in [6.45, 7) is 1.000. The lowest BCUT2D eigenvalue weighted by Crippen LogP contribution is -2.44. The van der Waals surface area contributed by atoms with Crippen molar-refractivity contribution in [1.29, 1.82) is 0 Å². The number of nitrogens with zero attached hydrogens (tertiary/aromatic N) is 1. The minimum absolute atomic E-state index is 0.231. The van der Waals surface area contributed by atoms with Crippen LogP contribution in [0, 0.1) is 0 Å². The molecule has 1 fully saturated rings. The van der Waals surface area contributed by atoms with Crippen molar-refractivity contribution in [2.45, 2.75) is 18.9 Å². The molecule has 2 N–H and O–H groups in total. The van der Waals surface area contributed by atoms with Crippen molar-refractivity contribution in [2.24, 2.45) is 0 Å². The zero-order valence-corrected chi connectivity index (χ0v) is 11.4. The second-order valence-corrected chi connectivity index (χ2v) is 5.18. The normalized spacial score (nSPS) is 18.7. The lowest BCUT2D eigenvalue weighted by molar-refractivity contribution is 0.0883. The maximum Gasteiger partial charge on any atom is 0.336 e. The van der Waals surface area contributed by atoms with Crippen LogP contribution in [0.3, 0.4) is 0 Å². The summed E-state index contributed by atoms with van der Waals surface area (Å²) in [5.74, 6) is 0. The van der Waals surface area contributed by atoms with Crippen molar-refractivity contribution in [3.63, 3.8) is 0 Å². The van der Waals surface area contributed by atoms with E-state index in [9.17, 15) is 14.7 Å². The third kappa shape index (κ3) is 3.05. The second-order valence-electron chi connectivity index (χ2n) is 5.18. The van der Waals surface area contributed by atoms with Crippen molar-refractivity contribution < 1.29 is 14.3 Å². The predicted molar refractivity (Wildman–Crippen MR) is 78.3 cm³/mol. The van der Waals surface area contributed by atoms with Crippen LogP contribution in [0.1, 0.15) is 12.8 Å². The molecule has 110 valence electrons. The molecule has 21 heavy (non-hydrogen) atoms. The molecule has 1 aromatic carbocycles. The minimum atomic E-state index is -0.449. The SMILES string of the molecule is O=C(Nc1ccc2oc(=O)ccc2c1)N1CCCC(O)C1. The van der Waals surface area contributed by atoms with E-state index in [4.69, 9.17) is 4.42 Å². The van der Waals surface area contributed by atoms with E-state index in [0.29, 0.717) is 24.4 Å². The number of aliphatic hydroxyl groups excluding tert-OH is 1. The quantitative estimate of drug-likeness (QED) is 0.784. The van der Waals surface area contributed by atoms with Gasteiger partial charge in [-0.25, -0.2) is 9.59 Å². The number of urea groups is 1. The monoisotopic (exact) mass is 288 g/mol. The molecule has 3 rings (SSSR count). The third-order valence-corrected chi connectivity index (χ3v) is 3.55. The Kier molecular flexibility index (Phi) is 3.62. The van der Waals surface area contributed by atoms with Crippen LogP contribution in [0.25, 0.3) is 11.0 Å². The van der Waals surface area contributed by atoms with Crippen molar-refractivity contribution >= 4 is 22.7 Å². The highest BCUT2D eigenvalue weighted by atomic mass is 16.4. The molecule has 0 saturated carbocycles. The number of nitrogens with one attached hydrogen (secondary N) is 1. The summed E-state index contributed by atoms with van der Waals surface area (Å²) in [5, 5.41) is 13.1. The van der Waals surface area contributed by atoms with Crippen molar-refractivity contribution in [1.82, 2.24) is 4.90 Å². The number of likely N-dealkylation sites (tertiary alicyclic amines) is 1. The van der Waals surface area contributed by atoms with Gasteiger partial charge in [-0.2, -0.15) is 0 Å². The zero-order valence-electron chi connectivity index (χ0n) is 11.4. The Morgan fingerprint density at radius 2 is 2.19 bits per heavy atom. The highest BCUT2D eigenvalue weighted by Crippen LogP contribution is 2.19. The lowest BCUT2D eigenvalue weighted by atomic mass is 10.1. The van der Waals surface area contributed by atoms with Crippen LogP contribution in [0.15, 0.2) is 39.5 Å². The molecule has 1 aliphatic heterocycles. The van der Waals surface area contributed by atoms with E-state index in [-0.39, 0.29) is 6.03 Å². The highest BCUT2D eigenvalue weighted by Gasteiger charge is 2.21. The first-order valence-electron chi connectivity index (χ1n) is 6.90. The van der Waals surface area contributed by atoms with Gasteiger partial charge in [-0.05, 0) is 37.1 Å². The zero-order chi connectivity index (χ0) is 14.8. The van der Waals surface area contributed by atoms with E-state index in [1.54, 1.807) is 29.2 Å². The topological polar surface area (TPSA) is 82.8 Å². The summed E-state index contributed by atoms with van der Waals surface area (Å²) in [6.07, 6.45) is 1.09. The summed E-state index contributed by atoms with van der Waals surface area (Å²) in [5.41, 5.74) is 0.705. The second kappa shape index (κ2) is 5.57. The number of benzene rings is 1. The minimum Gasteiger partial charge on any atom is -0.423 e. The first kappa shape index (κ1) is 13.6. The van der Waals surface area contributed by atoms with E-state index >= 15 is 0 Å². The number of hydrogen-bond acceptors (Lipinski definition) is 4. The van der Waals surface area contributed by atoms with Gasteiger partial charge in [0.1, 0.15) is 5.58 Å². The number of β-amino-alcohol motifs (C(OH)–C–C–N with tert-alkyl or cyclic N) is 1. The Morgan fingerprint density at radius 1 is 1.33 bits per heavy atom. The summed E-state index contributed by atoms with van der Waals surface area (Å²) in [6, 6.07) is 7.85. The average molecular weight is 288 g/mol. The maximum absolute atomic E-state index is 12.1. The van der Waals surface area contributed by atoms with Crippen LogP contribution in [-0.2, 0) is 0 Å². The Bertz CT molecular complexity index is 725. The van der Waals surface area contributed by atoms with E-state index in [0.717, 1.165) is 18.2 Å². The first-order valence-corrected chi connectivity index (χ1v) is 6.90. The van der Waals surface area contributed by atoms with Gasteiger partial charge in [0.15, 0.2) is 0 Å². The van der Waals surface area contributed by atoms with Gasteiger partial charge in [-0.3, -0.25) is 0 Å². The first-order chi connectivity index (χ1) is 10.1. The number of fused-ring (bicyclic) bond motifs is 1. The average Bonchev–Trinajstić information content (AvgIpc) is 2.47. The molecular weight excluding hydrogens is 272 g/mol. The smallest absolute Gasteiger partial charge is 0.336 e. The molecule has 1 atom stereocenters. The maximum atomic E-state index is 12.1. The molecule has 1 saturated heterocycles. The van der Waals surface area contributed by atoms with E-state index in [1.165, 1.54) is 6.07 Å². The molecule has 1 aromatic heterocycles. The Morgan fingerprint density at radius 3 is 3.00 bits per heavy atom. The summed E-state index contributed by atoms with van der Waals surface area (Å²) < 4.78 is 5.04. The summed E-state index contributed by atoms with van der Waals surface area (Å²) in [7, 11) is 0. The van der Waals surface area contributed by atoms with Crippen LogP contribution in [0.4, 0.5) is 10.5 Å². The van der Waals surface area contributed by atoms with Gasteiger partial charge in [0.05, 0.1) is 6.10 Å². The standard InChI is InChI=1S/C15H16N2O4/c18-12-2-1-7-17(9-12)15(20)16-11-4-5-13-10(8-11)3-6-14(19)21-13/h3-6,8,12,18H,1-2,7,9H2,(H,16,20).